The quantitative estimate of drug-likeness (QED) is 0.661. The zero-order chi connectivity index (χ0) is 19.8. The number of hydrogen-bond acceptors (Lipinski definition) is 7. The van der Waals surface area contributed by atoms with Crippen LogP contribution in [0.5, 0.6) is 0 Å². The fourth-order valence-corrected chi connectivity index (χ4v) is 5.09. The molecule has 0 unspecified atom stereocenters. The lowest BCUT2D eigenvalue weighted by Gasteiger charge is -2.29. The molecule has 1 aromatic rings. The Morgan fingerprint density at radius 1 is 1.37 bits per heavy atom. The molecule has 2 saturated heterocycles. The van der Waals surface area contributed by atoms with Crippen molar-refractivity contribution in [3.63, 3.8) is 0 Å². The van der Waals surface area contributed by atoms with E-state index >= 15 is 0 Å². The highest BCUT2D eigenvalue weighted by Crippen LogP contribution is 2.47. The Bertz CT molecular complexity index is 886. The first-order chi connectivity index (χ1) is 12.6. The number of nitrogens with one attached hydrogen (secondary N) is 1. The van der Waals surface area contributed by atoms with Crippen LogP contribution in [0.3, 0.4) is 0 Å². The second-order valence-electron chi connectivity index (χ2n) is 6.49. The van der Waals surface area contributed by atoms with Crippen molar-refractivity contribution >= 4 is 45.3 Å². The van der Waals surface area contributed by atoms with E-state index in [0.717, 1.165) is 0 Å². The number of ether oxygens (including phenoxy) is 1. The summed E-state index contributed by atoms with van der Waals surface area (Å²) in [7, 11) is -3.81. The van der Waals surface area contributed by atoms with Crippen LogP contribution in [0.2, 0.25) is 0 Å². The van der Waals surface area contributed by atoms with E-state index in [-0.39, 0.29) is 15.7 Å². The Balaban J connectivity index is 1.53. The van der Waals surface area contributed by atoms with Crippen LogP contribution in [0.25, 0.3) is 0 Å². The van der Waals surface area contributed by atoms with Gasteiger partial charge >= 0.3 is 5.97 Å². The van der Waals surface area contributed by atoms with Crippen molar-refractivity contribution in [1.29, 1.82) is 0 Å². The number of primary sulfonamides is 1. The third-order valence-corrected chi connectivity index (χ3v) is 6.96. The number of nitrogens with zero attached hydrogens (tertiary/aromatic N) is 1. The molecule has 11 heteroatoms. The number of hydrogen-bond donors (Lipinski definition) is 2. The van der Waals surface area contributed by atoms with Gasteiger partial charge in [-0.15, -0.1) is 11.8 Å². The molecule has 2 aliphatic rings. The number of amides is 2. The Morgan fingerprint density at radius 3 is 2.67 bits per heavy atom. The molecule has 3 N–H and O–H groups in total. The van der Waals surface area contributed by atoms with Gasteiger partial charge in [0.15, 0.2) is 6.61 Å². The van der Waals surface area contributed by atoms with Crippen LogP contribution in [0.4, 0.5) is 5.69 Å². The van der Waals surface area contributed by atoms with E-state index in [2.05, 4.69) is 5.32 Å². The Morgan fingerprint density at radius 2 is 2.04 bits per heavy atom. The van der Waals surface area contributed by atoms with Crippen LogP contribution in [0.15, 0.2) is 29.2 Å². The molecule has 146 valence electrons. The highest BCUT2D eigenvalue weighted by atomic mass is 32.2. The summed E-state index contributed by atoms with van der Waals surface area (Å²) >= 11 is 1.54. The average molecular weight is 413 g/mol. The Hall–Kier alpha value is -2.11. The Kier molecular flexibility index (Phi) is 5.19. The number of benzene rings is 1. The van der Waals surface area contributed by atoms with Gasteiger partial charge in [-0.1, -0.05) is 0 Å². The summed E-state index contributed by atoms with van der Waals surface area (Å²) in [4.78, 5) is 37.4. The van der Waals surface area contributed by atoms with Gasteiger partial charge in [0.05, 0.1) is 9.77 Å². The lowest BCUT2D eigenvalue weighted by atomic mass is 10.2. The molecule has 9 nitrogen and oxygen atoms in total. The number of thioether (sulfide) groups is 1. The van der Waals surface area contributed by atoms with E-state index in [1.54, 1.807) is 16.7 Å². The molecule has 2 heterocycles. The number of carbonyl (C=O) groups excluding carboxylic acids is 3. The van der Waals surface area contributed by atoms with Gasteiger partial charge in [0.25, 0.3) is 5.91 Å². The standard InChI is InChI=1S/C16H19N3O6S2/c1-16-7-6-14(21)19(16)12(9-26-16)15(22)25-8-13(20)18-10-2-4-11(5-3-10)27(17,23)24/h2-5,12H,6-9H2,1H3,(H,18,20)(H2,17,23,24)/t12-,16+/m0/s1. The molecule has 0 spiro atoms. The van der Waals surface area contributed by atoms with Gasteiger partial charge in [-0.25, -0.2) is 18.4 Å². The fraction of sp³-hybridized carbons (Fsp3) is 0.438. The van der Waals surface area contributed by atoms with Crippen LogP contribution in [-0.2, 0) is 29.1 Å². The van der Waals surface area contributed by atoms with E-state index in [9.17, 15) is 22.8 Å². The minimum absolute atomic E-state index is 0.0796. The van der Waals surface area contributed by atoms with E-state index in [1.165, 1.54) is 24.3 Å². The third kappa shape index (κ3) is 4.09. The summed E-state index contributed by atoms with van der Waals surface area (Å²) < 4.78 is 27.5. The minimum Gasteiger partial charge on any atom is -0.454 e. The number of rotatable bonds is 5. The van der Waals surface area contributed by atoms with Crippen molar-refractivity contribution in [2.75, 3.05) is 17.7 Å². The number of carbonyl (C=O) groups is 3. The van der Waals surface area contributed by atoms with Crippen molar-refractivity contribution < 1.29 is 27.5 Å². The van der Waals surface area contributed by atoms with Gasteiger partial charge in [0.2, 0.25) is 15.9 Å². The van der Waals surface area contributed by atoms with Crippen molar-refractivity contribution in [1.82, 2.24) is 4.90 Å². The smallest absolute Gasteiger partial charge is 0.330 e. The number of sulfonamides is 1. The van der Waals surface area contributed by atoms with Crippen LogP contribution in [0, 0.1) is 0 Å². The van der Waals surface area contributed by atoms with Crippen molar-refractivity contribution in [2.45, 2.75) is 35.6 Å². The summed E-state index contributed by atoms with van der Waals surface area (Å²) in [5.41, 5.74) is 0.335. The van der Waals surface area contributed by atoms with Crippen molar-refractivity contribution in [3.8, 4) is 0 Å². The van der Waals surface area contributed by atoms with Crippen LogP contribution in [-0.4, -0.2) is 54.4 Å². The maximum Gasteiger partial charge on any atom is 0.330 e. The maximum atomic E-state index is 12.3. The predicted molar refractivity (Wildman–Crippen MR) is 98.1 cm³/mol. The summed E-state index contributed by atoms with van der Waals surface area (Å²) in [6.07, 6.45) is 1.09. The topological polar surface area (TPSA) is 136 Å². The molecule has 2 fully saturated rings. The fourth-order valence-electron chi connectivity index (χ4n) is 3.15. The highest BCUT2D eigenvalue weighted by molar-refractivity contribution is 8.01. The first kappa shape index (κ1) is 19.6. The molecular formula is C16H19N3O6S2. The van der Waals surface area contributed by atoms with E-state index in [1.807, 2.05) is 6.92 Å². The van der Waals surface area contributed by atoms with E-state index < -0.39 is 34.5 Å². The molecule has 0 radical (unpaired) electrons. The number of esters is 1. The lowest BCUT2D eigenvalue weighted by molar-refractivity contribution is -0.155. The second-order valence-corrected chi connectivity index (χ2v) is 9.55. The summed E-state index contributed by atoms with van der Waals surface area (Å²) in [6.45, 7) is 1.42. The number of anilines is 1. The molecule has 0 aliphatic carbocycles. The molecule has 2 atom stereocenters. The first-order valence-corrected chi connectivity index (χ1v) is 10.7. The molecular weight excluding hydrogens is 394 g/mol. The van der Waals surface area contributed by atoms with Crippen LogP contribution in [0.1, 0.15) is 19.8 Å². The van der Waals surface area contributed by atoms with Crippen LogP contribution >= 0.6 is 11.8 Å². The summed E-state index contributed by atoms with van der Waals surface area (Å²) in [5.74, 6) is -0.824. The van der Waals surface area contributed by atoms with Gasteiger partial charge in [-0.05, 0) is 37.6 Å². The first-order valence-electron chi connectivity index (χ1n) is 8.16. The lowest BCUT2D eigenvalue weighted by Crippen LogP contribution is -2.47. The van der Waals surface area contributed by atoms with Crippen molar-refractivity contribution in [2.24, 2.45) is 5.14 Å². The zero-order valence-corrected chi connectivity index (χ0v) is 16.1. The summed E-state index contributed by atoms with van der Waals surface area (Å²) in [5, 5.41) is 7.49. The molecule has 1 aromatic carbocycles. The average Bonchev–Trinajstić information content (AvgIpc) is 3.09. The molecule has 0 saturated carbocycles. The number of fused-ring (bicyclic) bond motifs is 1. The maximum absolute atomic E-state index is 12.3. The van der Waals surface area contributed by atoms with Gasteiger partial charge < -0.3 is 15.0 Å². The molecule has 0 aromatic heterocycles. The SMILES string of the molecule is C[C@@]12CCC(=O)N1[C@H](C(=O)OCC(=O)Nc1ccc(S(N)(=O)=O)cc1)CS2. The predicted octanol–water partition coefficient (Wildman–Crippen LogP) is 0.270. The normalized spacial score (nSPS) is 24.6. The van der Waals surface area contributed by atoms with E-state index in [4.69, 9.17) is 9.88 Å². The van der Waals surface area contributed by atoms with Gasteiger partial charge in [-0.3, -0.25) is 9.59 Å². The number of nitrogens with two attached hydrogens (primary N) is 1. The zero-order valence-electron chi connectivity index (χ0n) is 14.5. The highest BCUT2D eigenvalue weighted by Gasteiger charge is 2.53. The molecule has 27 heavy (non-hydrogen) atoms. The van der Waals surface area contributed by atoms with Gasteiger partial charge in [0, 0.05) is 17.9 Å². The van der Waals surface area contributed by atoms with Crippen molar-refractivity contribution in [3.05, 3.63) is 24.3 Å². The van der Waals surface area contributed by atoms with E-state index in [0.29, 0.717) is 24.3 Å². The van der Waals surface area contributed by atoms with Gasteiger partial charge in [-0.2, -0.15) is 0 Å². The second kappa shape index (κ2) is 7.13. The molecule has 2 amide bonds. The molecule has 3 rings (SSSR count). The van der Waals surface area contributed by atoms with Crippen LogP contribution < -0.4 is 10.5 Å². The third-order valence-electron chi connectivity index (χ3n) is 4.53. The Labute approximate surface area is 160 Å². The summed E-state index contributed by atoms with van der Waals surface area (Å²) in [6, 6.07) is 4.58. The molecule has 2 aliphatic heterocycles. The minimum atomic E-state index is -3.81. The monoisotopic (exact) mass is 413 g/mol. The molecule has 0 bridgehead atoms. The largest absolute Gasteiger partial charge is 0.454 e. The van der Waals surface area contributed by atoms with Gasteiger partial charge in [0.1, 0.15) is 6.04 Å².